The van der Waals surface area contributed by atoms with Gasteiger partial charge in [0.15, 0.2) is 0 Å². The Morgan fingerprint density at radius 1 is 1.11 bits per heavy atom. The van der Waals surface area contributed by atoms with Crippen molar-refractivity contribution < 1.29 is 13.2 Å². The Bertz CT molecular complexity index is 425. The highest BCUT2D eigenvalue weighted by atomic mass is 32.2. The molecule has 5 nitrogen and oxygen atoms in total. The van der Waals surface area contributed by atoms with Crippen molar-refractivity contribution in [2.45, 2.75) is 58.0 Å². The van der Waals surface area contributed by atoms with Crippen LogP contribution in [0, 0.1) is 0 Å². The van der Waals surface area contributed by atoms with E-state index in [-0.39, 0.29) is 30.3 Å². The van der Waals surface area contributed by atoms with E-state index >= 15 is 0 Å². The molecule has 2 fully saturated rings. The third-order valence-corrected chi connectivity index (χ3v) is 6.15. The first-order valence-electron chi connectivity index (χ1n) is 7.21. The molecule has 0 N–H and O–H groups in total. The monoisotopic (exact) mass is 288 g/mol. The molecule has 0 spiro atoms. The lowest BCUT2D eigenvalue weighted by Gasteiger charge is -2.40. The van der Waals surface area contributed by atoms with Crippen LogP contribution in [0.1, 0.15) is 46.0 Å². The number of hydrogen-bond donors (Lipinski definition) is 0. The fraction of sp³-hybridized carbons (Fsp3) is 0.923. The molecule has 0 bridgehead atoms. The summed E-state index contributed by atoms with van der Waals surface area (Å²) in [6.45, 7) is 4.62. The second-order valence-electron chi connectivity index (χ2n) is 5.79. The molecule has 1 amide bonds. The number of rotatable bonds is 2. The Morgan fingerprint density at radius 2 is 1.74 bits per heavy atom. The predicted octanol–water partition coefficient (Wildman–Crippen LogP) is 1.20. The third kappa shape index (κ3) is 3.28. The van der Waals surface area contributed by atoms with Crippen molar-refractivity contribution in [1.29, 1.82) is 0 Å². The van der Waals surface area contributed by atoms with Crippen LogP contribution < -0.4 is 0 Å². The zero-order valence-corrected chi connectivity index (χ0v) is 12.7. The quantitative estimate of drug-likeness (QED) is 0.767. The number of sulfonamides is 1. The van der Waals surface area contributed by atoms with E-state index in [9.17, 15) is 13.2 Å². The Labute approximate surface area is 116 Å². The van der Waals surface area contributed by atoms with Gasteiger partial charge in [0, 0.05) is 18.6 Å². The van der Waals surface area contributed by atoms with E-state index in [1.54, 1.807) is 0 Å². The minimum absolute atomic E-state index is 0.0248. The van der Waals surface area contributed by atoms with Crippen molar-refractivity contribution in [3.8, 4) is 0 Å². The highest BCUT2D eigenvalue weighted by molar-refractivity contribution is 7.89. The first kappa shape index (κ1) is 14.8. The molecule has 2 saturated heterocycles. The van der Waals surface area contributed by atoms with E-state index in [4.69, 9.17) is 0 Å². The van der Waals surface area contributed by atoms with Gasteiger partial charge in [-0.25, -0.2) is 8.42 Å². The molecule has 2 aliphatic rings. The van der Waals surface area contributed by atoms with E-state index < -0.39 is 10.0 Å². The van der Waals surface area contributed by atoms with Crippen LogP contribution in [0.25, 0.3) is 0 Å². The first-order chi connectivity index (χ1) is 8.92. The molecule has 0 aromatic carbocycles. The van der Waals surface area contributed by atoms with E-state index in [2.05, 4.69) is 13.8 Å². The van der Waals surface area contributed by atoms with Crippen LogP contribution in [0.4, 0.5) is 0 Å². The molecule has 110 valence electrons. The van der Waals surface area contributed by atoms with Gasteiger partial charge >= 0.3 is 0 Å². The van der Waals surface area contributed by atoms with Crippen molar-refractivity contribution in [2.75, 3.05) is 18.8 Å². The summed E-state index contributed by atoms with van der Waals surface area (Å²) in [5.74, 6) is 0.149. The van der Waals surface area contributed by atoms with Crippen molar-refractivity contribution in [3.05, 3.63) is 0 Å². The number of hydrogen-bond acceptors (Lipinski definition) is 3. The molecule has 0 aromatic rings. The number of carbonyl (C=O) groups excluding carboxylic acids is 1. The summed E-state index contributed by atoms with van der Waals surface area (Å²) >= 11 is 0. The molecule has 2 heterocycles. The lowest BCUT2D eigenvalue weighted by atomic mass is 9.97. The van der Waals surface area contributed by atoms with Crippen LogP contribution in [0.15, 0.2) is 0 Å². The summed E-state index contributed by atoms with van der Waals surface area (Å²) in [6, 6.07) is 0.451. The Hall–Kier alpha value is -0.620. The summed E-state index contributed by atoms with van der Waals surface area (Å²) in [5.41, 5.74) is 0. The maximum Gasteiger partial charge on any atom is 0.238 e. The zero-order valence-electron chi connectivity index (χ0n) is 11.8. The second-order valence-corrected chi connectivity index (χ2v) is 7.88. The maximum atomic E-state index is 12.4. The van der Waals surface area contributed by atoms with E-state index in [0.29, 0.717) is 13.0 Å². The summed E-state index contributed by atoms with van der Waals surface area (Å²) in [4.78, 5) is 14.3. The van der Waals surface area contributed by atoms with Crippen LogP contribution in [-0.2, 0) is 14.8 Å². The molecule has 0 aliphatic carbocycles. The number of nitrogens with zero attached hydrogens (tertiary/aromatic N) is 2. The summed E-state index contributed by atoms with van der Waals surface area (Å²) < 4.78 is 25.2. The summed E-state index contributed by atoms with van der Waals surface area (Å²) in [7, 11) is -3.21. The molecule has 0 aromatic heterocycles. The molecule has 2 aliphatic heterocycles. The van der Waals surface area contributed by atoms with Crippen LogP contribution in [0.3, 0.4) is 0 Å². The van der Waals surface area contributed by atoms with Crippen LogP contribution in [0.5, 0.6) is 0 Å². The minimum Gasteiger partial charge on any atom is -0.336 e. The minimum atomic E-state index is -3.21. The van der Waals surface area contributed by atoms with Crippen LogP contribution in [0.2, 0.25) is 0 Å². The normalized spacial score (nSPS) is 32.2. The molecule has 0 saturated carbocycles. The Morgan fingerprint density at radius 3 is 2.32 bits per heavy atom. The van der Waals surface area contributed by atoms with E-state index in [1.165, 1.54) is 4.31 Å². The standard InChI is InChI=1S/C13H24N2O3S/c1-11-6-5-7-12(2)15(11)13(16)10-14-8-3-4-9-19(14,17)18/h11-12H,3-10H2,1-2H3. The molecular weight excluding hydrogens is 264 g/mol. The molecule has 2 unspecified atom stereocenters. The second kappa shape index (κ2) is 5.79. The van der Waals surface area contributed by atoms with Gasteiger partial charge in [-0.05, 0) is 46.0 Å². The maximum absolute atomic E-state index is 12.4. The van der Waals surface area contributed by atoms with Gasteiger partial charge in [-0.15, -0.1) is 0 Å². The Balaban J connectivity index is 2.03. The van der Waals surface area contributed by atoms with Gasteiger partial charge in [-0.3, -0.25) is 4.79 Å². The number of carbonyl (C=O) groups is 1. The smallest absolute Gasteiger partial charge is 0.238 e. The van der Waals surface area contributed by atoms with Gasteiger partial charge < -0.3 is 4.90 Å². The van der Waals surface area contributed by atoms with Crippen molar-refractivity contribution in [2.24, 2.45) is 0 Å². The number of piperidine rings is 1. The van der Waals surface area contributed by atoms with E-state index in [1.807, 2.05) is 4.90 Å². The van der Waals surface area contributed by atoms with Crippen LogP contribution in [-0.4, -0.2) is 54.5 Å². The Kier molecular flexibility index (Phi) is 4.50. The lowest BCUT2D eigenvalue weighted by molar-refractivity contribution is -0.137. The predicted molar refractivity (Wildman–Crippen MR) is 74.2 cm³/mol. The first-order valence-corrected chi connectivity index (χ1v) is 8.82. The highest BCUT2D eigenvalue weighted by Crippen LogP contribution is 2.23. The van der Waals surface area contributed by atoms with Gasteiger partial charge in [0.25, 0.3) is 0 Å². The van der Waals surface area contributed by atoms with Crippen molar-refractivity contribution >= 4 is 15.9 Å². The van der Waals surface area contributed by atoms with Gasteiger partial charge in [0.1, 0.15) is 0 Å². The van der Waals surface area contributed by atoms with Crippen LogP contribution >= 0.6 is 0 Å². The topological polar surface area (TPSA) is 57.7 Å². The SMILES string of the molecule is CC1CCCC(C)N1C(=O)CN1CCCCS1(=O)=O. The van der Waals surface area contributed by atoms with Gasteiger partial charge in [-0.1, -0.05) is 0 Å². The summed E-state index contributed by atoms with van der Waals surface area (Å²) in [6.07, 6.45) is 4.75. The molecule has 0 radical (unpaired) electrons. The van der Waals surface area contributed by atoms with Gasteiger partial charge in [0.05, 0.1) is 12.3 Å². The fourth-order valence-electron chi connectivity index (χ4n) is 3.16. The molecule has 2 rings (SSSR count). The fourth-order valence-corrected chi connectivity index (χ4v) is 4.71. The molecule has 2 atom stereocenters. The van der Waals surface area contributed by atoms with Gasteiger partial charge in [0.2, 0.25) is 15.9 Å². The van der Waals surface area contributed by atoms with Gasteiger partial charge in [-0.2, -0.15) is 4.31 Å². The number of amides is 1. The third-order valence-electron chi connectivity index (χ3n) is 4.25. The highest BCUT2D eigenvalue weighted by Gasteiger charge is 2.33. The largest absolute Gasteiger partial charge is 0.336 e. The zero-order chi connectivity index (χ0) is 14.0. The molecule has 19 heavy (non-hydrogen) atoms. The van der Waals surface area contributed by atoms with Crippen molar-refractivity contribution in [3.63, 3.8) is 0 Å². The molecule has 6 heteroatoms. The average molecular weight is 288 g/mol. The van der Waals surface area contributed by atoms with Crippen molar-refractivity contribution in [1.82, 2.24) is 9.21 Å². The molecular formula is C13H24N2O3S. The summed E-state index contributed by atoms with van der Waals surface area (Å²) in [5, 5.41) is 0. The van der Waals surface area contributed by atoms with E-state index in [0.717, 1.165) is 25.7 Å². The lowest BCUT2D eigenvalue weighted by Crippen LogP contribution is -2.52. The average Bonchev–Trinajstić information content (AvgIpc) is 2.31. The number of likely N-dealkylation sites (tertiary alicyclic amines) is 1.